The molecule has 3 heteroatoms. The first-order chi connectivity index (χ1) is 8.95. The molecule has 1 N–H and O–H groups in total. The number of nitrogens with one attached hydrogen (secondary N) is 1. The fraction of sp³-hybridized carbons (Fsp3) is 0.938. The molecule has 0 fully saturated rings. The van der Waals surface area contributed by atoms with Crippen molar-refractivity contribution < 1.29 is 0 Å². The van der Waals surface area contributed by atoms with Crippen LogP contribution in [0, 0.1) is 16.7 Å². The van der Waals surface area contributed by atoms with Crippen LogP contribution in [-0.2, 0) is 0 Å². The van der Waals surface area contributed by atoms with Crippen LogP contribution in [0.3, 0.4) is 0 Å². The molecule has 112 valence electrons. The Morgan fingerprint density at radius 1 is 1.21 bits per heavy atom. The van der Waals surface area contributed by atoms with Gasteiger partial charge in [-0.1, -0.05) is 13.8 Å². The Balaban J connectivity index is 3.55. The molecule has 1 unspecified atom stereocenters. The molecule has 0 aromatic carbocycles. The van der Waals surface area contributed by atoms with Gasteiger partial charge in [-0.2, -0.15) is 5.26 Å². The van der Waals surface area contributed by atoms with Crippen LogP contribution >= 0.6 is 0 Å². The van der Waals surface area contributed by atoms with Crippen LogP contribution in [0.5, 0.6) is 0 Å². The van der Waals surface area contributed by atoms with Crippen LogP contribution < -0.4 is 5.32 Å². The van der Waals surface area contributed by atoms with Crippen LogP contribution in [0.2, 0.25) is 0 Å². The maximum atomic E-state index is 8.94. The SMILES string of the molecule is CCN(CC)CCCC(C)NCCCC(C)(C)C#N. The van der Waals surface area contributed by atoms with E-state index in [1.807, 2.05) is 13.8 Å². The van der Waals surface area contributed by atoms with Crippen LogP contribution in [-0.4, -0.2) is 37.1 Å². The van der Waals surface area contributed by atoms with Gasteiger partial charge in [0.05, 0.1) is 11.5 Å². The number of nitrogens with zero attached hydrogens (tertiary/aromatic N) is 2. The lowest BCUT2D eigenvalue weighted by Crippen LogP contribution is -2.30. The molecule has 0 aliphatic carbocycles. The molecule has 0 aliphatic heterocycles. The maximum Gasteiger partial charge on any atom is 0.0683 e. The fourth-order valence-electron chi connectivity index (χ4n) is 2.20. The van der Waals surface area contributed by atoms with Crippen molar-refractivity contribution in [2.75, 3.05) is 26.2 Å². The van der Waals surface area contributed by atoms with E-state index in [4.69, 9.17) is 5.26 Å². The number of hydrogen-bond donors (Lipinski definition) is 1. The molecule has 19 heavy (non-hydrogen) atoms. The monoisotopic (exact) mass is 267 g/mol. The van der Waals surface area contributed by atoms with Gasteiger partial charge >= 0.3 is 0 Å². The van der Waals surface area contributed by atoms with E-state index in [0.29, 0.717) is 6.04 Å². The minimum absolute atomic E-state index is 0.173. The van der Waals surface area contributed by atoms with Crippen LogP contribution in [0.15, 0.2) is 0 Å². The first-order valence-corrected chi connectivity index (χ1v) is 7.82. The van der Waals surface area contributed by atoms with Gasteiger partial charge in [-0.15, -0.1) is 0 Å². The van der Waals surface area contributed by atoms with Gasteiger partial charge in [0.1, 0.15) is 0 Å². The third-order valence-electron chi connectivity index (χ3n) is 3.78. The topological polar surface area (TPSA) is 39.1 Å². The third kappa shape index (κ3) is 9.92. The molecule has 0 aromatic heterocycles. The highest BCUT2D eigenvalue weighted by atomic mass is 15.1. The highest BCUT2D eigenvalue weighted by Crippen LogP contribution is 2.19. The molecule has 0 aromatic rings. The summed E-state index contributed by atoms with van der Waals surface area (Å²) in [6.45, 7) is 15.3. The van der Waals surface area contributed by atoms with E-state index in [2.05, 4.69) is 37.1 Å². The average Bonchev–Trinajstić information content (AvgIpc) is 2.40. The van der Waals surface area contributed by atoms with E-state index in [1.165, 1.54) is 19.4 Å². The van der Waals surface area contributed by atoms with Crippen molar-refractivity contribution in [3.8, 4) is 6.07 Å². The molecule has 0 spiro atoms. The highest BCUT2D eigenvalue weighted by Gasteiger charge is 2.15. The molecule has 0 radical (unpaired) electrons. The number of hydrogen-bond acceptors (Lipinski definition) is 3. The van der Waals surface area contributed by atoms with Crippen molar-refractivity contribution in [3.05, 3.63) is 0 Å². The molecular formula is C16H33N3. The molecule has 1 atom stereocenters. The van der Waals surface area contributed by atoms with Crippen molar-refractivity contribution >= 4 is 0 Å². The summed E-state index contributed by atoms with van der Waals surface area (Å²) < 4.78 is 0. The van der Waals surface area contributed by atoms with Gasteiger partial charge in [-0.05, 0) is 72.6 Å². The van der Waals surface area contributed by atoms with E-state index >= 15 is 0 Å². The van der Waals surface area contributed by atoms with Crippen LogP contribution in [0.1, 0.15) is 60.3 Å². The maximum absolute atomic E-state index is 8.94. The highest BCUT2D eigenvalue weighted by molar-refractivity contribution is 4.91. The molecule has 0 heterocycles. The summed E-state index contributed by atoms with van der Waals surface area (Å²) in [5.74, 6) is 0. The zero-order chi connectivity index (χ0) is 14.7. The number of nitriles is 1. The minimum atomic E-state index is -0.173. The van der Waals surface area contributed by atoms with Crippen molar-refractivity contribution in [2.45, 2.75) is 66.3 Å². The lowest BCUT2D eigenvalue weighted by molar-refractivity contribution is 0.290. The normalized spacial score (nSPS) is 13.5. The predicted octanol–water partition coefficient (Wildman–Crippen LogP) is 3.42. The van der Waals surface area contributed by atoms with E-state index < -0.39 is 0 Å². The third-order valence-corrected chi connectivity index (χ3v) is 3.78. The Labute approximate surface area is 120 Å². The molecule has 0 rings (SSSR count). The molecule has 0 amide bonds. The quantitative estimate of drug-likeness (QED) is 0.583. The van der Waals surface area contributed by atoms with E-state index in [0.717, 1.165) is 32.5 Å². The second-order valence-corrected chi connectivity index (χ2v) is 6.12. The summed E-state index contributed by atoms with van der Waals surface area (Å²) in [6.07, 6.45) is 4.56. The van der Waals surface area contributed by atoms with Gasteiger partial charge in [-0.25, -0.2) is 0 Å². The Hall–Kier alpha value is -0.590. The second-order valence-electron chi connectivity index (χ2n) is 6.12. The van der Waals surface area contributed by atoms with Crippen molar-refractivity contribution in [2.24, 2.45) is 5.41 Å². The summed E-state index contributed by atoms with van der Waals surface area (Å²) in [5, 5.41) is 12.5. The van der Waals surface area contributed by atoms with Gasteiger partial charge in [-0.3, -0.25) is 0 Å². The second kappa shape index (κ2) is 10.2. The summed E-state index contributed by atoms with van der Waals surface area (Å²) >= 11 is 0. The molecule has 0 aliphatic rings. The molecular weight excluding hydrogens is 234 g/mol. The van der Waals surface area contributed by atoms with Crippen LogP contribution in [0.4, 0.5) is 0 Å². The molecule has 0 saturated heterocycles. The summed E-state index contributed by atoms with van der Waals surface area (Å²) in [6, 6.07) is 2.94. The smallest absolute Gasteiger partial charge is 0.0683 e. The molecule has 0 bridgehead atoms. The molecule has 0 saturated carbocycles. The lowest BCUT2D eigenvalue weighted by atomic mass is 9.90. The van der Waals surface area contributed by atoms with Gasteiger partial charge in [0.15, 0.2) is 0 Å². The largest absolute Gasteiger partial charge is 0.314 e. The Morgan fingerprint density at radius 2 is 1.84 bits per heavy atom. The van der Waals surface area contributed by atoms with Crippen molar-refractivity contribution in [3.63, 3.8) is 0 Å². The standard InChI is InChI=1S/C16H33N3/c1-6-19(7-2)13-8-10-15(3)18-12-9-11-16(4,5)14-17/h15,18H,6-13H2,1-5H3. The van der Waals surface area contributed by atoms with Gasteiger partial charge in [0.25, 0.3) is 0 Å². The zero-order valence-electron chi connectivity index (χ0n) is 13.6. The summed E-state index contributed by atoms with van der Waals surface area (Å²) in [7, 11) is 0. The van der Waals surface area contributed by atoms with E-state index in [9.17, 15) is 0 Å². The Kier molecular flexibility index (Phi) is 9.91. The Morgan fingerprint density at radius 3 is 2.37 bits per heavy atom. The first-order valence-electron chi connectivity index (χ1n) is 7.82. The summed E-state index contributed by atoms with van der Waals surface area (Å²) in [4.78, 5) is 2.47. The van der Waals surface area contributed by atoms with Crippen molar-refractivity contribution in [1.29, 1.82) is 5.26 Å². The van der Waals surface area contributed by atoms with E-state index in [1.54, 1.807) is 0 Å². The number of rotatable bonds is 11. The zero-order valence-corrected chi connectivity index (χ0v) is 13.6. The molecule has 3 nitrogen and oxygen atoms in total. The first kappa shape index (κ1) is 18.4. The van der Waals surface area contributed by atoms with Crippen molar-refractivity contribution in [1.82, 2.24) is 10.2 Å². The average molecular weight is 267 g/mol. The minimum Gasteiger partial charge on any atom is -0.314 e. The van der Waals surface area contributed by atoms with Gasteiger partial charge < -0.3 is 10.2 Å². The van der Waals surface area contributed by atoms with Gasteiger partial charge in [0, 0.05) is 6.04 Å². The summed E-state index contributed by atoms with van der Waals surface area (Å²) in [5.41, 5.74) is -0.173. The van der Waals surface area contributed by atoms with Gasteiger partial charge in [0.2, 0.25) is 0 Å². The fourth-order valence-corrected chi connectivity index (χ4v) is 2.20. The predicted molar refractivity (Wildman–Crippen MR) is 83.1 cm³/mol. The van der Waals surface area contributed by atoms with Crippen LogP contribution in [0.25, 0.3) is 0 Å². The Bertz CT molecular complexity index is 251. The van der Waals surface area contributed by atoms with E-state index in [-0.39, 0.29) is 5.41 Å². The lowest BCUT2D eigenvalue weighted by Gasteiger charge is -2.20.